The Morgan fingerprint density at radius 1 is 1.13 bits per heavy atom. The summed E-state index contributed by atoms with van der Waals surface area (Å²) in [5.74, 6) is 0.0576. The van der Waals surface area contributed by atoms with Gasteiger partial charge < -0.3 is 14.9 Å². The van der Waals surface area contributed by atoms with Crippen molar-refractivity contribution in [2.75, 3.05) is 38.1 Å². The van der Waals surface area contributed by atoms with E-state index in [1.54, 1.807) is 0 Å². The van der Waals surface area contributed by atoms with Crippen molar-refractivity contribution < 1.29 is 9.90 Å². The number of piperazine rings is 1. The fraction of sp³-hybridized carbons (Fsp3) is 0.353. The zero-order valence-electron chi connectivity index (χ0n) is 13.1. The van der Waals surface area contributed by atoms with E-state index < -0.39 is 5.97 Å². The van der Waals surface area contributed by atoms with Crippen LogP contribution >= 0.6 is 0 Å². The average molecular weight is 312 g/mol. The Hall–Kier alpha value is -2.47. The molecule has 6 heteroatoms. The molecule has 0 aliphatic carbocycles. The SMILES string of the molecule is CN1CCN(c2ccc(-c3cccc(CC(=O)O)c3)nn2)CC1. The van der Waals surface area contributed by atoms with Crippen LogP contribution in [0.2, 0.25) is 0 Å². The molecule has 0 saturated carbocycles. The molecule has 1 aromatic carbocycles. The normalized spacial score (nSPS) is 15.6. The first kappa shape index (κ1) is 15.4. The van der Waals surface area contributed by atoms with Gasteiger partial charge in [-0.2, -0.15) is 0 Å². The molecule has 6 nitrogen and oxygen atoms in total. The number of aliphatic carboxylic acids is 1. The summed E-state index contributed by atoms with van der Waals surface area (Å²) in [4.78, 5) is 15.4. The van der Waals surface area contributed by atoms with Crippen molar-refractivity contribution in [2.24, 2.45) is 0 Å². The molecule has 0 spiro atoms. The van der Waals surface area contributed by atoms with Crippen LogP contribution in [0.1, 0.15) is 5.56 Å². The molecule has 0 radical (unpaired) electrons. The summed E-state index contributed by atoms with van der Waals surface area (Å²) in [6.45, 7) is 3.97. The number of nitrogens with zero attached hydrogens (tertiary/aromatic N) is 4. The third kappa shape index (κ3) is 3.84. The van der Waals surface area contributed by atoms with Gasteiger partial charge >= 0.3 is 5.97 Å². The minimum Gasteiger partial charge on any atom is -0.481 e. The second-order valence-electron chi connectivity index (χ2n) is 5.84. The molecule has 1 saturated heterocycles. The van der Waals surface area contributed by atoms with Gasteiger partial charge in [-0.1, -0.05) is 18.2 Å². The molecule has 1 aliphatic heterocycles. The third-order valence-electron chi connectivity index (χ3n) is 4.06. The minimum absolute atomic E-state index is 0.0145. The Morgan fingerprint density at radius 3 is 2.57 bits per heavy atom. The number of benzene rings is 1. The zero-order valence-corrected chi connectivity index (χ0v) is 13.1. The predicted octanol–water partition coefficient (Wildman–Crippen LogP) is 1.52. The molecule has 1 aliphatic rings. The van der Waals surface area contributed by atoms with Crippen molar-refractivity contribution in [3.63, 3.8) is 0 Å². The maximum atomic E-state index is 10.8. The number of rotatable bonds is 4. The topological polar surface area (TPSA) is 69.6 Å². The number of likely N-dealkylation sites (N-methyl/N-ethyl adjacent to an activating group) is 1. The Bertz CT molecular complexity index is 679. The van der Waals surface area contributed by atoms with Gasteiger partial charge in [-0.05, 0) is 30.8 Å². The highest BCUT2D eigenvalue weighted by atomic mass is 16.4. The highest BCUT2D eigenvalue weighted by Crippen LogP contribution is 2.20. The van der Waals surface area contributed by atoms with Gasteiger partial charge in [0.1, 0.15) is 0 Å². The molecule has 0 atom stereocenters. The Labute approximate surface area is 135 Å². The molecular formula is C17H20N4O2. The summed E-state index contributed by atoms with van der Waals surface area (Å²) >= 11 is 0. The number of hydrogen-bond donors (Lipinski definition) is 1. The lowest BCUT2D eigenvalue weighted by molar-refractivity contribution is -0.136. The second kappa shape index (κ2) is 6.75. The number of carboxylic acids is 1. The van der Waals surface area contributed by atoms with Crippen molar-refractivity contribution in [1.29, 1.82) is 0 Å². The van der Waals surface area contributed by atoms with Gasteiger partial charge in [-0.25, -0.2) is 0 Å². The number of anilines is 1. The van der Waals surface area contributed by atoms with Gasteiger partial charge in [0, 0.05) is 31.7 Å². The maximum absolute atomic E-state index is 10.8. The molecule has 0 unspecified atom stereocenters. The van der Waals surface area contributed by atoms with Gasteiger partial charge in [-0.3, -0.25) is 4.79 Å². The summed E-state index contributed by atoms with van der Waals surface area (Å²) in [6, 6.07) is 11.4. The first-order valence-corrected chi connectivity index (χ1v) is 7.70. The van der Waals surface area contributed by atoms with Gasteiger partial charge in [0.2, 0.25) is 0 Å². The van der Waals surface area contributed by atoms with E-state index >= 15 is 0 Å². The fourth-order valence-electron chi connectivity index (χ4n) is 2.70. The Morgan fingerprint density at radius 2 is 1.91 bits per heavy atom. The van der Waals surface area contributed by atoms with Crippen molar-refractivity contribution in [3.8, 4) is 11.3 Å². The largest absolute Gasteiger partial charge is 0.481 e. The monoisotopic (exact) mass is 312 g/mol. The van der Waals surface area contributed by atoms with E-state index in [9.17, 15) is 4.79 Å². The van der Waals surface area contributed by atoms with E-state index in [1.807, 2.05) is 36.4 Å². The number of aromatic nitrogens is 2. The van der Waals surface area contributed by atoms with Crippen LogP contribution in [0.25, 0.3) is 11.3 Å². The first-order chi connectivity index (χ1) is 11.1. The number of hydrogen-bond acceptors (Lipinski definition) is 5. The smallest absolute Gasteiger partial charge is 0.307 e. The summed E-state index contributed by atoms with van der Waals surface area (Å²) in [5, 5.41) is 17.5. The third-order valence-corrected chi connectivity index (χ3v) is 4.06. The van der Waals surface area contributed by atoms with Crippen LogP contribution in [-0.4, -0.2) is 59.4 Å². The first-order valence-electron chi connectivity index (χ1n) is 7.70. The van der Waals surface area contributed by atoms with E-state index in [0.29, 0.717) is 0 Å². The van der Waals surface area contributed by atoms with Crippen molar-refractivity contribution in [3.05, 3.63) is 42.0 Å². The average Bonchev–Trinajstić information content (AvgIpc) is 2.55. The van der Waals surface area contributed by atoms with Gasteiger partial charge in [0.05, 0.1) is 12.1 Å². The van der Waals surface area contributed by atoms with Crippen molar-refractivity contribution >= 4 is 11.8 Å². The molecule has 2 aromatic rings. The molecule has 2 heterocycles. The lowest BCUT2D eigenvalue weighted by Gasteiger charge is -2.32. The predicted molar refractivity (Wildman–Crippen MR) is 88.5 cm³/mol. The lowest BCUT2D eigenvalue weighted by Crippen LogP contribution is -2.44. The molecule has 0 bridgehead atoms. The van der Waals surface area contributed by atoms with E-state index in [4.69, 9.17) is 5.11 Å². The Kier molecular flexibility index (Phi) is 4.52. The summed E-state index contributed by atoms with van der Waals surface area (Å²) in [6.07, 6.45) is 0.0145. The second-order valence-corrected chi connectivity index (χ2v) is 5.84. The van der Waals surface area contributed by atoms with Gasteiger partial charge in [0.25, 0.3) is 0 Å². The molecule has 120 valence electrons. The minimum atomic E-state index is -0.835. The van der Waals surface area contributed by atoms with Gasteiger partial charge in [0.15, 0.2) is 5.82 Å². The van der Waals surface area contributed by atoms with E-state index in [0.717, 1.165) is 48.8 Å². The van der Waals surface area contributed by atoms with E-state index in [2.05, 4.69) is 27.0 Å². The highest BCUT2D eigenvalue weighted by Gasteiger charge is 2.15. The van der Waals surface area contributed by atoms with Crippen LogP contribution in [0.3, 0.4) is 0 Å². The van der Waals surface area contributed by atoms with Crippen LogP contribution in [0.15, 0.2) is 36.4 Å². The van der Waals surface area contributed by atoms with Crippen LogP contribution in [0.4, 0.5) is 5.82 Å². The standard InChI is InChI=1S/C17H20N4O2/c1-20-7-9-21(10-8-20)16-6-5-15(18-19-16)14-4-2-3-13(11-14)12-17(22)23/h2-6,11H,7-10,12H2,1H3,(H,22,23). The molecule has 23 heavy (non-hydrogen) atoms. The van der Waals surface area contributed by atoms with Gasteiger partial charge in [-0.15, -0.1) is 10.2 Å². The summed E-state index contributed by atoms with van der Waals surface area (Å²) in [7, 11) is 2.12. The Balaban J connectivity index is 1.75. The quantitative estimate of drug-likeness (QED) is 0.923. The molecule has 0 amide bonds. The highest BCUT2D eigenvalue weighted by molar-refractivity contribution is 5.71. The van der Waals surface area contributed by atoms with Crippen molar-refractivity contribution in [2.45, 2.75) is 6.42 Å². The van der Waals surface area contributed by atoms with Crippen LogP contribution in [0, 0.1) is 0 Å². The molecule has 1 fully saturated rings. The lowest BCUT2D eigenvalue weighted by atomic mass is 10.1. The van der Waals surface area contributed by atoms with Crippen molar-refractivity contribution in [1.82, 2.24) is 15.1 Å². The number of carboxylic acid groups (broad SMARTS) is 1. The van der Waals surface area contributed by atoms with E-state index in [-0.39, 0.29) is 6.42 Å². The van der Waals surface area contributed by atoms with Crippen LogP contribution in [-0.2, 0) is 11.2 Å². The van der Waals surface area contributed by atoms with Crippen LogP contribution in [0.5, 0.6) is 0 Å². The molecule has 1 aromatic heterocycles. The van der Waals surface area contributed by atoms with E-state index in [1.165, 1.54) is 0 Å². The summed E-state index contributed by atoms with van der Waals surface area (Å²) in [5.41, 5.74) is 2.41. The fourth-order valence-corrected chi connectivity index (χ4v) is 2.70. The maximum Gasteiger partial charge on any atom is 0.307 e. The molecule has 1 N–H and O–H groups in total. The summed E-state index contributed by atoms with van der Waals surface area (Å²) < 4.78 is 0. The zero-order chi connectivity index (χ0) is 16.2. The molecular weight excluding hydrogens is 292 g/mol. The molecule has 3 rings (SSSR count). The van der Waals surface area contributed by atoms with Crippen LogP contribution < -0.4 is 4.90 Å². The number of carbonyl (C=O) groups is 1.